The lowest BCUT2D eigenvalue weighted by molar-refractivity contribution is 0.0674. The van der Waals surface area contributed by atoms with Crippen LogP contribution >= 0.6 is 0 Å². The molecule has 2 aliphatic heterocycles. The highest BCUT2D eigenvalue weighted by molar-refractivity contribution is 5.78. The highest BCUT2D eigenvalue weighted by atomic mass is 16.5. The van der Waals surface area contributed by atoms with Gasteiger partial charge in [0, 0.05) is 31.9 Å². The van der Waals surface area contributed by atoms with Crippen molar-refractivity contribution in [1.29, 1.82) is 0 Å². The highest BCUT2D eigenvalue weighted by Crippen LogP contribution is 2.20. The van der Waals surface area contributed by atoms with Gasteiger partial charge in [0.05, 0.1) is 19.8 Å². The van der Waals surface area contributed by atoms with E-state index in [-0.39, 0.29) is 0 Å². The lowest BCUT2D eigenvalue weighted by Gasteiger charge is -2.27. The van der Waals surface area contributed by atoms with Crippen LogP contribution in [0.3, 0.4) is 0 Å². The molecule has 6 heteroatoms. The molecule has 2 fully saturated rings. The van der Waals surface area contributed by atoms with Crippen LogP contribution in [0, 0.1) is 6.92 Å². The number of aryl methyl sites for hydroxylation is 1. The van der Waals surface area contributed by atoms with Crippen LogP contribution in [0.4, 0.5) is 5.82 Å². The fraction of sp³-hybridized carbons (Fsp3) is 0.625. The zero-order valence-corrected chi connectivity index (χ0v) is 13.3. The van der Waals surface area contributed by atoms with Crippen LogP contribution in [0.25, 0.3) is 0 Å². The molecule has 0 saturated carbocycles. The molecule has 0 bridgehead atoms. The zero-order valence-electron chi connectivity index (χ0n) is 13.3. The molecule has 120 valence electrons. The first-order valence-electron chi connectivity index (χ1n) is 8.07. The van der Waals surface area contributed by atoms with Crippen molar-refractivity contribution in [3.63, 3.8) is 0 Å². The van der Waals surface area contributed by atoms with E-state index in [1.807, 2.05) is 6.92 Å². The number of morpholine rings is 1. The molecule has 2 N–H and O–H groups in total. The van der Waals surface area contributed by atoms with E-state index >= 15 is 0 Å². The van der Waals surface area contributed by atoms with Gasteiger partial charge in [-0.3, -0.25) is 0 Å². The third-order valence-corrected chi connectivity index (χ3v) is 4.19. The second kappa shape index (κ2) is 6.96. The maximum atomic E-state index is 6.09. The van der Waals surface area contributed by atoms with Gasteiger partial charge in [-0.15, -0.1) is 0 Å². The minimum absolute atomic E-state index is 0.605. The van der Waals surface area contributed by atoms with Gasteiger partial charge >= 0.3 is 0 Å². The maximum absolute atomic E-state index is 6.09. The number of anilines is 1. The van der Waals surface area contributed by atoms with Crippen molar-refractivity contribution in [1.82, 2.24) is 9.88 Å². The predicted molar refractivity (Wildman–Crippen MR) is 88.1 cm³/mol. The summed E-state index contributed by atoms with van der Waals surface area (Å²) in [6.07, 6.45) is 2.51. The summed E-state index contributed by atoms with van der Waals surface area (Å²) in [5.74, 6) is 1.69. The Hall–Kier alpha value is -1.82. The van der Waals surface area contributed by atoms with E-state index in [0.29, 0.717) is 12.5 Å². The number of hydrogen-bond donors (Lipinski definition) is 1. The van der Waals surface area contributed by atoms with E-state index in [1.54, 1.807) is 0 Å². The zero-order chi connectivity index (χ0) is 15.4. The molecule has 0 amide bonds. The van der Waals surface area contributed by atoms with Crippen molar-refractivity contribution < 1.29 is 4.74 Å². The van der Waals surface area contributed by atoms with Crippen LogP contribution in [0.2, 0.25) is 0 Å². The number of ether oxygens (including phenoxy) is 1. The van der Waals surface area contributed by atoms with Gasteiger partial charge in [0.15, 0.2) is 5.96 Å². The molecular weight excluding hydrogens is 278 g/mol. The average molecular weight is 303 g/mol. The van der Waals surface area contributed by atoms with Crippen LogP contribution in [0.5, 0.6) is 0 Å². The molecule has 22 heavy (non-hydrogen) atoms. The average Bonchev–Trinajstić information content (AvgIpc) is 3.07. The van der Waals surface area contributed by atoms with Crippen LogP contribution in [-0.4, -0.2) is 55.2 Å². The number of aliphatic imine (C=N–C) groups is 1. The van der Waals surface area contributed by atoms with E-state index in [4.69, 9.17) is 10.5 Å². The van der Waals surface area contributed by atoms with Gasteiger partial charge in [0.1, 0.15) is 5.82 Å². The summed E-state index contributed by atoms with van der Waals surface area (Å²) in [6.45, 7) is 7.95. The van der Waals surface area contributed by atoms with Crippen molar-refractivity contribution in [3.05, 3.63) is 23.4 Å². The summed E-state index contributed by atoms with van der Waals surface area (Å²) in [6, 6.07) is 4.24. The summed E-state index contributed by atoms with van der Waals surface area (Å²) < 4.78 is 5.34. The third kappa shape index (κ3) is 3.68. The number of pyridine rings is 1. The molecule has 1 aromatic heterocycles. The number of rotatable bonds is 3. The van der Waals surface area contributed by atoms with Gasteiger partial charge in [-0.2, -0.15) is 0 Å². The fourth-order valence-corrected chi connectivity index (χ4v) is 2.99. The standard InChI is InChI=1S/C16H25N5O/c1-13-10-14(11-15(19-13)20-4-2-3-5-20)12-18-16(17)21-6-8-22-9-7-21/h10-11H,2-9,12H2,1H3,(H2,17,18). The summed E-state index contributed by atoms with van der Waals surface area (Å²) >= 11 is 0. The molecule has 2 aliphatic rings. The van der Waals surface area contributed by atoms with Crippen molar-refractivity contribution >= 4 is 11.8 Å². The van der Waals surface area contributed by atoms with E-state index in [9.17, 15) is 0 Å². The Morgan fingerprint density at radius 2 is 1.95 bits per heavy atom. The van der Waals surface area contributed by atoms with Gasteiger partial charge in [-0.05, 0) is 37.5 Å². The Bertz CT molecular complexity index is 533. The summed E-state index contributed by atoms with van der Waals surface area (Å²) in [5, 5.41) is 0. The minimum atomic E-state index is 0.605. The number of hydrogen-bond acceptors (Lipinski definition) is 4. The number of aromatic nitrogens is 1. The number of nitrogens with zero attached hydrogens (tertiary/aromatic N) is 4. The van der Waals surface area contributed by atoms with Gasteiger partial charge in [0.2, 0.25) is 0 Å². The molecular formula is C16H25N5O. The summed E-state index contributed by atoms with van der Waals surface area (Å²) in [7, 11) is 0. The van der Waals surface area contributed by atoms with Crippen LogP contribution in [-0.2, 0) is 11.3 Å². The molecule has 0 radical (unpaired) electrons. The first kappa shape index (κ1) is 15.1. The lowest BCUT2D eigenvalue weighted by Crippen LogP contribution is -2.44. The number of guanidine groups is 1. The summed E-state index contributed by atoms with van der Waals surface area (Å²) in [4.78, 5) is 13.6. The van der Waals surface area contributed by atoms with E-state index in [1.165, 1.54) is 18.4 Å². The molecule has 0 unspecified atom stereocenters. The maximum Gasteiger partial charge on any atom is 0.191 e. The topological polar surface area (TPSA) is 67.0 Å². The van der Waals surface area contributed by atoms with E-state index in [0.717, 1.165) is 50.9 Å². The molecule has 0 spiro atoms. The van der Waals surface area contributed by atoms with Gasteiger partial charge in [-0.1, -0.05) is 0 Å². The second-order valence-corrected chi connectivity index (χ2v) is 5.94. The Balaban J connectivity index is 1.68. The first-order valence-corrected chi connectivity index (χ1v) is 8.07. The largest absolute Gasteiger partial charge is 0.378 e. The van der Waals surface area contributed by atoms with Gasteiger partial charge < -0.3 is 20.3 Å². The SMILES string of the molecule is Cc1cc(CN=C(N)N2CCOCC2)cc(N2CCCC2)n1. The Morgan fingerprint density at radius 3 is 2.68 bits per heavy atom. The Labute approximate surface area is 132 Å². The van der Waals surface area contributed by atoms with Crippen molar-refractivity contribution in [3.8, 4) is 0 Å². The monoisotopic (exact) mass is 303 g/mol. The van der Waals surface area contributed by atoms with E-state index in [2.05, 4.69) is 31.9 Å². The molecule has 3 rings (SSSR count). The third-order valence-electron chi connectivity index (χ3n) is 4.19. The molecule has 1 aromatic rings. The normalized spacial score (nSPS) is 19.8. The lowest BCUT2D eigenvalue weighted by atomic mass is 10.2. The summed E-state index contributed by atoms with van der Waals surface area (Å²) in [5.41, 5.74) is 8.30. The molecule has 0 aliphatic carbocycles. The van der Waals surface area contributed by atoms with Crippen molar-refractivity contribution in [2.75, 3.05) is 44.3 Å². The Morgan fingerprint density at radius 1 is 1.23 bits per heavy atom. The van der Waals surface area contributed by atoms with Crippen LogP contribution in [0.1, 0.15) is 24.1 Å². The van der Waals surface area contributed by atoms with Gasteiger partial charge in [-0.25, -0.2) is 9.98 Å². The predicted octanol–water partition coefficient (Wildman–Crippen LogP) is 1.14. The molecule has 0 aromatic carbocycles. The van der Waals surface area contributed by atoms with E-state index < -0.39 is 0 Å². The van der Waals surface area contributed by atoms with Gasteiger partial charge in [0.25, 0.3) is 0 Å². The van der Waals surface area contributed by atoms with Crippen molar-refractivity contribution in [2.24, 2.45) is 10.7 Å². The highest BCUT2D eigenvalue weighted by Gasteiger charge is 2.15. The molecule has 2 saturated heterocycles. The Kier molecular flexibility index (Phi) is 4.77. The van der Waals surface area contributed by atoms with Crippen LogP contribution < -0.4 is 10.6 Å². The van der Waals surface area contributed by atoms with Crippen LogP contribution in [0.15, 0.2) is 17.1 Å². The smallest absolute Gasteiger partial charge is 0.191 e. The second-order valence-electron chi connectivity index (χ2n) is 5.94. The van der Waals surface area contributed by atoms with Crippen molar-refractivity contribution in [2.45, 2.75) is 26.3 Å². The molecule has 6 nitrogen and oxygen atoms in total. The molecule has 3 heterocycles. The quantitative estimate of drug-likeness (QED) is 0.670. The fourth-order valence-electron chi connectivity index (χ4n) is 2.99. The first-order chi connectivity index (χ1) is 10.7. The number of nitrogens with two attached hydrogens (primary N) is 1. The molecule has 0 atom stereocenters. The minimum Gasteiger partial charge on any atom is -0.378 e.